The molecule has 0 N–H and O–H groups in total. The molecule has 1 heterocycles. The maximum atomic E-state index is 13.2. The molecule has 3 rings (SSSR count). The van der Waals surface area contributed by atoms with E-state index in [-0.39, 0.29) is 29.6 Å². The zero-order chi connectivity index (χ0) is 23.3. The summed E-state index contributed by atoms with van der Waals surface area (Å²) in [5.41, 5.74) is 0.571. The predicted octanol–water partition coefficient (Wildman–Crippen LogP) is 5.75. The molecule has 0 saturated heterocycles. The van der Waals surface area contributed by atoms with Gasteiger partial charge in [-0.25, -0.2) is 14.8 Å². The molecule has 0 atom stereocenters. The topological polar surface area (TPSA) is 55.3 Å². The van der Waals surface area contributed by atoms with E-state index in [1.807, 2.05) is 49.1 Å². The second-order valence-corrected chi connectivity index (χ2v) is 7.44. The van der Waals surface area contributed by atoms with Crippen LogP contribution in [0.3, 0.4) is 0 Å². The van der Waals surface area contributed by atoms with Gasteiger partial charge in [-0.2, -0.15) is 13.2 Å². The van der Waals surface area contributed by atoms with Gasteiger partial charge in [0.25, 0.3) is 0 Å². The Bertz CT molecular complexity index is 1070. The molecule has 0 bridgehead atoms. The molecular formula is C24H24F3N3O2. The molecule has 3 aromatic rings. The molecule has 32 heavy (non-hydrogen) atoms. The van der Waals surface area contributed by atoms with Crippen molar-refractivity contribution in [2.24, 2.45) is 0 Å². The number of aromatic nitrogens is 2. The number of hydrogen-bond donors (Lipinski definition) is 0. The van der Waals surface area contributed by atoms with Gasteiger partial charge in [0.15, 0.2) is 5.82 Å². The lowest BCUT2D eigenvalue weighted by atomic mass is 10.1. The number of rotatable bonds is 7. The van der Waals surface area contributed by atoms with Gasteiger partial charge in [-0.3, -0.25) is 0 Å². The van der Waals surface area contributed by atoms with Crippen molar-refractivity contribution in [3.63, 3.8) is 0 Å². The van der Waals surface area contributed by atoms with Gasteiger partial charge >= 0.3 is 12.1 Å². The summed E-state index contributed by atoms with van der Waals surface area (Å²) >= 11 is 0. The first-order valence-corrected chi connectivity index (χ1v) is 10.2. The minimum atomic E-state index is -4.49. The van der Waals surface area contributed by atoms with Crippen LogP contribution in [-0.2, 0) is 17.5 Å². The first kappa shape index (κ1) is 23.2. The minimum absolute atomic E-state index is 0.0624. The van der Waals surface area contributed by atoms with Crippen LogP contribution < -0.4 is 4.90 Å². The Balaban J connectivity index is 2.12. The molecule has 0 saturated carbocycles. The Morgan fingerprint density at radius 2 is 1.81 bits per heavy atom. The number of anilines is 1. The fourth-order valence-corrected chi connectivity index (χ4v) is 3.20. The highest BCUT2D eigenvalue weighted by Crippen LogP contribution is 2.32. The van der Waals surface area contributed by atoms with Crippen molar-refractivity contribution in [1.29, 1.82) is 0 Å². The van der Waals surface area contributed by atoms with Crippen LogP contribution >= 0.6 is 0 Å². The first-order chi connectivity index (χ1) is 15.2. The number of alkyl halides is 3. The van der Waals surface area contributed by atoms with E-state index in [1.165, 1.54) is 18.3 Å². The normalized spacial score (nSPS) is 11.5. The Kier molecular flexibility index (Phi) is 7.12. The smallest absolute Gasteiger partial charge is 0.416 e. The monoisotopic (exact) mass is 443 g/mol. The summed E-state index contributed by atoms with van der Waals surface area (Å²) in [5, 5.41) is 0. The van der Waals surface area contributed by atoms with Gasteiger partial charge in [-0.05, 0) is 38.5 Å². The standard InChI is InChI=1S/C24H24F3N3O2/c1-4-32-23(31)20-14-28-21(18-11-8-12-19(13-18)24(25,26)27)29-22(20)30(16(2)3)15-17-9-6-5-7-10-17/h5-14,16H,4,15H2,1-3H3. The highest BCUT2D eigenvalue weighted by molar-refractivity contribution is 5.95. The van der Waals surface area contributed by atoms with Crippen LogP contribution in [0.5, 0.6) is 0 Å². The largest absolute Gasteiger partial charge is 0.462 e. The molecule has 1 aromatic heterocycles. The molecule has 0 spiro atoms. The van der Waals surface area contributed by atoms with Gasteiger partial charge in [0.05, 0.1) is 12.2 Å². The third kappa shape index (κ3) is 5.43. The maximum absolute atomic E-state index is 13.2. The van der Waals surface area contributed by atoms with Crippen LogP contribution in [0.25, 0.3) is 11.4 Å². The van der Waals surface area contributed by atoms with Crippen molar-refractivity contribution in [2.45, 2.75) is 39.5 Å². The summed E-state index contributed by atoms with van der Waals surface area (Å²) < 4.78 is 44.7. The Morgan fingerprint density at radius 3 is 2.44 bits per heavy atom. The molecule has 0 amide bonds. The molecule has 0 aliphatic carbocycles. The molecule has 2 aromatic carbocycles. The number of halogens is 3. The van der Waals surface area contributed by atoms with E-state index in [9.17, 15) is 18.0 Å². The van der Waals surface area contributed by atoms with E-state index in [2.05, 4.69) is 9.97 Å². The van der Waals surface area contributed by atoms with E-state index in [0.29, 0.717) is 12.4 Å². The quantitative estimate of drug-likeness (QED) is 0.435. The van der Waals surface area contributed by atoms with Gasteiger partial charge in [-0.15, -0.1) is 0 Å². The maximum Gasteiger partial charge on any atom is 0.416 e. The Labute approximate surface area is 184 Å². The molecule has 0 fully saturated rings. The molecule has 168 valence electrons. The van der Waals surface area contributed by atoms with Crippen LogP contribution in [0.4, 0.5) is 19.0 Å². The van der Waals surface area contributed by atoms with Crippen molar-refractivity contribution < 1.29 is 22.7 Å². The highest BCUT2D eigenvalue weighted by atomic mass is 19.4. The number of carbonyl (C=O) groups is 1. The zero-order valence-corrected chi connectivity index (χ0v) is 18.1. The first-order valence-electron chi connectivity index (χ1n) is 10.2. The van der Waals surface area contributed by atoms with Crippen molar-refractivity contribution in [3.05, 3.63) is 77.5 Å². The van der Waals surface area contributed by atoms with Crippen LogP contribution in [0.15, 0.2) is 60.8 Å². The van der Waals surface area contributed by atoms with Crippen molar-refractivity contribution in [3.8, 4) is 11.4 Å². The van der Waals surface area contributed by atoms with Gasteiger partial charge in [0.1, 0.15) is 11.4 Å². The fourth-order valence-electron chi connectivity index (χ4n) is 3.20. The SMILES string of the molecule is CCOC(=O)c1cnc(-c2cccc(C(F)(F)F)c2)nc1N(Cc1ccccc1)C(C)C. The summed E-state index contributed by atoms with van der Waals surface area (Å²) in [6, 6.07) is 14.4. The lowest BCUT2D eigenvalue weighted by Crippen LogP contribution is -2.33. The van der Waals surface area contributed by atoms with Crippen LogP contribution in [0.1, 0.15) is 42.3 Å². The number of benzene rings is 2. The summed E-state index contributed by atoms with van der Waals surface area (Å²) in [6.45, 7) is 6.21. The third-order valence-electron chi connectivity index (χ3n) is 4.80. The van der Waals surface area contributed by atoms with Gasteiger partial charge in [0, 0.05) is 24.3 Å². The predicted molar refractivity (Wildman–Crippen MR) is 116 cm³/mol. The van der Waals surface area contributed by atoms with Crippen molar-refractivity contribution >= 4 is 11.8 Å². The zero-order valence-electron chi connectivity index (χ0n) is 18.1. The summed E-state index contributed by atoms with van der Waals surface area (Å²) in [7, 11) is 0. The third-order valence-corrected chi connectivity index (χ3v) is 4.80. The molecular weight excluding hydrogens is 419 g/mol. The summed E-state index contributed by atoms with van der Waals surface area (Å²) in [5.74, 6) is -0.181. The highest BCUT2D eigenvalue weighted by Gasteiger charge is 2.31. The van der Waals surface area contributed by atoms with Crippen LogP contribution in [-0.4, -0.2) is 28.6 Å². The molecule has 0 radical (unpaired) electrons. The van der Waals surface area contributed by atoms with Gasteiger partial charge in [-0.1, -0.05) is 42.5 Å². The van der Waals surface area contributed by atoms with Crippen molar-refractivity contribution in [1.82, 2.24) is 9.97 Å². The van der Waals surface area contributed by atoms with Crippen LogP contribution in [0.2, 0.25) is 0 Å². The minimum Gasteiger partial charge on any atom is -0.462 e. The number of nitrogens with zero attached hydrogens (tertiary/aromatic N) is 3. The molecule has 8 heteroatoms. The lowest BCUT2D eigenvalue weighted by molar-refractivity contribution is -0.137. The fraction of sp³-hybridized carbons (Fsp3) is 0.292. The second kappa shape index (κ2) is 9.80. The van der Waals surface area contributed by atoms with Crippen LogP contribution in [0, 0.1) is 0 Å². The second-order valence-electron chi connectivity index (χ2n) is 7.44. The Morgan fingerprint density at radius 1 is 1.09 bits per heavy atom. The number of esters is 1. The Hall–Kier alpha value is -3.42. The molecule has 0 aliphatic rings. The van der Waals surface area contributed by atoms with E-state index in [4.69, 9.17) is 4.74 Å². The average molecular weight is 443 g/mol. The van der Waals surface area contributed by atoms with E-state index in [1.54, 1.807) is 6.92 Å². The van der Waals surface area contributed by atoms with E-state index >= 15 is 0 Å². The summed E-state index contributed by atoms with van der Waals surface area (Å²) in [4.78, 5) is 23.2. The summed E-state index contributed by atoms with van der Waals surface area (Å²) in [6.07, 6.45) is -3.17. The van der Waals surface area contributed by atoms with Crippen molar-refractivity contribution in [2.75, 3.05) is 11.5 Å². The van der Waals surface area contributed by atoms with Gasteiger partial charge < -0.3 is 9.64 Å². The number of carbonyl (C=O) groups excluding carboxylic acids is 1. The average Bonchev–Trinajstić information content (AvgIpc) is 2.77. The number of ether oxygens (including phenoxy) is 1. The van der Waals surface area contributed by atoms with E-state index in [0.717, 1.165) is 17.7 Å². The molecule has 0 aliphatic heterocycles. The molecule has 0 unspecified atom stereocenters. The molecule has 5 nitrogen and oxygen atoms in total. The van der Waals surface area contributed by atoms with Gasteiger partial charge in [0.2, 0.25) is 0 Å². The van der Waals surface area contributed by atoms with E-state index < -0.39 is 17.7 Å². The lowest BCUT2D eigenvalue weighted by Gasteiger charge is -2.29. The number of hydrogen-bond acceptors (Lipinski definition) is 5.